The summed E-state index contributed by atoms with van der Waals surface area (Å²) in [6, 6.07) is 5.35. The maximum Gasteiger partial charge on any atom is 0.354 e. The fraction of sp³-hybridized carbons (Fsp3) is 0.500. The highest BCUT2D eigenvalue weighted by molar-refractivity contribution is 5.86. The van der Waals surface area contributed by atoms with Crippen molar-refractivity contribution in [1.82, 2.24) is 20.1 Å². The van der Waals surface area contributed by atoms with Crippen LogP contribution >= 0.6 is 0 Å². The van der Waals surface area contributed by atoms with Gasteiger partial charge < -0.3 is 15.3 Å². The quantitative estimate of drug-likeness (QED) is 0.705. The number of anilines is 1. The molecule has 2 aliphatic rings. The Labute approximate surface area is 163 Å². The van der Waals surface area contributed by atoms with Crippen LogP contribution in [-0.2, 0) is 11.3 Å². The Morgan fingerprint density at radius 2 is 2.21 bits per heavy atom. The molecule has 148 valence electrons. The first-order valence-corrected chi connectivity index (χ1v) is 9.81. The zero-order valence-corrected chi connectivity index (χ0v) is 15.7. The molecule has 0 aromatic carbocycles. The molecule has 0 bridgehead atoms. The molecule has 0 spiro atoms. The van der Waals surface area contributed by atoms with Gasteiger partial charge in [-0.3, -0.25) is 9.48 Å². The Morgan fingerprint density at radius 3 is 3.00 bits per heavy atom. The number of hydrogen-bond donors (Lipinski definition) is 2. The molecule has 2 aromatic heterocycles. The third-order valence-electron chi connectivity index (χ3n) is 5.97. The summed E-state index contributed by atoms with van der Waals surface area (Å²) in [5.41, 5.74) is 0.927. The lowest BCUT2D eigenvalue weighted by atomic mass is 9.61. The fourth-order valence-electron chi connectivity index (χ4n) is 4.37. The molecule has 3 atom stereocenters. The molecule has 2 N–H and O–H groups in total. The van der Waals surface area contributed by atoms with Gasteiger partial charge in [-0.15, -0.1) is 0 Å². The van der Waals surface area contributed by atoms with Crippen LogP contribution in [0.4, 0.5) is 5.69 Å². The molecule has 0 radical (unpaired) electrons. The molecule has 8 nitrogen and oxygen atoms in total. The highest BCUT2D eigenvalue weighted by atomic mass is 16.4. The maximum atomic E-state index is 12.6. The first kappa shape index (κ1) is 18.5. The van der Waals surface area contributed by atoms with Gasteiger partial charge >= 0.3 is 5.97 Å². The predicted molar refractivity (Wildman–Crippen MR) is 103 cm³/mol. The Morgan fingerprint density at radius 1 is 1.32 bits per heavy atom. The van der Waals surface area contributed by atoms with Crippen LogP contribution < -0.4 is 10.2 Å². The molecule has 3 heterocycles. The van der Waals surface area contributed by atoms with E-state index < -0.39 is 5.97 Å². The van der Waals surface area contributed by atoms with E-state index in [4.69, 9.17) is 5.11 Å². The summed E-state index contributed by atoms with van der Waals surface area (Å²) in [7, 11) is 0. The predicted octanol–water partition coefficient (Wildman–Crippen LogP) is 1.65. The second-order valence-corrected chi connectivity index (χ2v) is 7.62. The van der Waals surface area contributed by atoms with Crippen LogP contribution in [0.1, 0.15) is 29.8 Å². The highest BCUT2D eigenvalue weighted by Crippen LogP contribution is 2.46. The lowest BCUT2D eigenvalue weighted by Gasteiger charge is -2.50. The van der Waals surface area contributed by atoms with Gasteiger partial charge in [-0.2, -0.15) is 5.10 Å². The molecule has 28 heavy (non-hydrogen) atoms. The van der Waals surface area contributed by atoms with Gasteiger partial charge in [-0.25, -0.2) is 9.78 Å². The number of piperidine rings is 1. The van der Waals surface area contributed by atoms with E-state index in [1.54, 1.807) is 12.3 Å². The summed E-state index contributed by atoms with van der Waals surface area (Å²) in [6.07, 6.45) is 8.07. The van der Waals surface area contributed by atoms with Crippen molar-refractivity contribution in [3.05, 3.63) is 42.5 Å². The number of pyridine rings is 1. The van der Waals surface area contributed by atoms with E-state index in [-0.39, 0.29) is 17.5 Å². The fourth-order valence-corrected chi connectivity index (χ4v) is 4.37. The Hall–Kier alpha value is -2.90. The molecule has 8 heteroatoms. The molecule has 0 unspecified atom stereocenters. The van der Waals surface area contributed by atoms with Crippen LogP contribution in [0, 0.1) is 17.8 Å². The Kier molecular flexibility index (Phi) is 5.27. The minimum atomic E-state index is -1.02. The summed E-state index contributed by atoms with van der Waals surface area (Å²) >= 11 is 0. The van der Waals surface area contributed by atoms with Crippen LogP contribution in [0.3, 0.4) is 0 Å². The number of fused-ring (bicyclic) bond motifs is 1. The number of carbonyl (C=O) groups excluding carboxylic acids is 1. The standard InChI is InChI=1S/C20H25N5O3/c26-19(22-5-1-8-25-9-2-6-23-25)16-11-14-4-10-24(13-17(14)16)15-3-7-21-18(12-15)20(27)28/h2-3,6-7,9,12,14,16-17H,1,4-5,8,10-11,13H2,(H,22,26)(H,27,28)/t14-,16-,17-/m1/s1. The zero-order chi connectivity index (χ0) is 19.5. The van der Waals surface area contributed by atoms with Gasteiger partial charge in [0.15, 0.2) is 0 Å². The van der Waals surface area contributed by atoms with Crippen LogP contribution in [-0.4, -0.2) is 51.4 Å². The second kappa shape index (κ2) is 8.00. The topological polar surface area (TPSA) is 100 Å². The number of aromatic carboxylic acids is 1. The van der Waals surface area contributed by atoms with Crippen molar-refractivity contribution in [2.24, 2.45) is 17.8 Å². The van der Waals surface area contributed by atoms with E-state index in [1.807, 2.05) is 23.0 Å². The van der Waals surface area contributed by atoms with E-state index in [0.717, 1.165) is 44.6 Å². The van der Waals surface area contributed by atoms with Crippen LogP contribution in [0.25, 0.3) is 0 Å². The van der Waals surface area contributed by atoms with Gasteiger partial charge in [0.05, 0.1) is 0 Å². The molecule has 1 aliphatic carbocycles. The van der Waals surface area contributed by atoms with Gasteiger partial charge in [-0.05, 0) is 49.3 Å². The molecule has 1 saturated carbocycles. The number of carbonyl (C=O) groups is 2. The molecule has 2 fully saturated rings. The average Bonchev–Trinajstić information content (AvgIpc) is 3.20. The SMILES string of the molecule is O=C(O)c1cc(N2CC[C@@H]3C[C@@H](C(=O)NCCCn4cccn4)[C@@H]3C2)ccn1. The van der Waals surface area contributed by atoms with Crippen molar-refractivity contribution in [3.63, 3.8) is 0 Å². The summed E-state index contributed by atoms with van der Waals surface area (Å²) in [4.78, 5) is 29.8. The number of aryl methyl sites for hydroxylation is 1. The average molecular weight is 383 g/mol. The molecule has 1 amide bonds. The molecule has 2 aromatic rings. The molecular weight excluding hydrogens is 358 g/mol. The number of nitrogens with zero attached hydrogens (tertiary/aromatic N) is 4. The number of nitrogens with one attached hydrogen (secondary N) is 1. The van der Waals surface area contributed by atoms with E-state index >= 15 is 0 Å². The number of carboxylic acid groups (broad SMARTS) is 1. The summed E-state index contributed by atoms with van der Waals surface area (Å²) in [5.74, 6) is 0.105. The van der Waals surface area contributed by atoms with Crippen molar-refractivity contribution < 1.29 is 14.7 Å². The number of hydrogen-bond acceptors (Lipinski definition) is 5. The number of amides is 1. The molecular formula is C20H25N5O3. The number of rotatable bonds is 7. The lowest BCUT2D eigenvalue weighted by Crippen LogP contribution is -2.55. The lowest BCUT2D eigenvalue weighted by molar-refractivity contribution is -0.134. The Bertz CT molecular complexity index is 838. The van der Waals surface area contributed by atoms with Crippen molar-refractivity contribution in [2.75, 3.05) is 24.5 Å². The molecule has 1 saturated heterocycles. The van der Waals surface area contributed by atoms with Crippen LogP contribution in [0.2, 0.25) is 0 Å². The van der Waals surface area contributed by atoms with E-state index in [2.05, 4.69) is 20.3 Å². The third-order valence-corrected chi connectivity index (χ3v) is 5.97. The molecule has 1 aliphatic heterocycles. The summed E-state index contributed by atoms with van der Waals surface area (Å²) in [6.45, 7) is 3.13. The van der Waals surface area contributed by atoms with E-state index in [9.17, 15) is 9.59 Å². The number of aromatic nitrogens is 3. The van der Waals surface area contributed by atoms with Crippen LogP contribution in [0.5, 0.6) is 0 Å². The minimum absolute atomic E-state index is 0.0540. The highest BCUT2D eigenvalue weighted by Gasteiger charge is 2.47. The normalized spacial score (nSPS) is 23.6. The van der Waals surface area contributed by atoms with Gasteiger partial charge in [0.1, 0.15) is 5.69 Å². The smallest absolute Gasteiger partial charge is 0.354 e. The first-order valence-electron chi connectivity index (χ1n) is 9.81. The molecule has 4 rings (SSSR count). The van der Waals surface area contributed by atoms with E-state index in [1.165, 1.54) is 6.20 Å². The maximum absolute atomic E-state index is 12.6. The van der Waals surface area contributed by atoms with Crippen molar-refractivity contribution in [1.29, 1.82) is 0 Å². The van der Waals surface area contributed by atoms with Gasteiger partial charge in [0.25, 0.3) is 0 Å². The van der Waals surface area contributed by atoms with Crippen molar-refractivity contribution in [3.8, 4) is 0 Å². The van der Waals surface area contributed by atoms with E-state index in [0.29, 0.717) is 18.4 Å². The number of carboxylic acids is 1. The van der Waals surface area contributed by atoms with Crippen molar-refractivity contribution >= 4 is 17.6 Å². The van der Waals surface area contributed by atoms with Gasteiger partial charge in [-0.1, -0.05) is 0 Å². The van der Waals surface area contributed by atoms with Gasteiger partial charge in [0.2, 0.25) is 5.91 Å². The van der Waals surface area contributed by atoms with Crippen LogP contribution in [0.15, 0.2) is 36.8 Å². The van der Waals surface area contributed by atoms with Crippen molar-refractivity contribution in [2.45, 2.75) is 25.8 Å². The van der Waals surface area contributed by atoms with Gasteiger partial charge in [0, 0.05) is 56.4 Å². The monoisotopic (exact) mass is 383 g/mol. The Balaban J connectivity index is 1.29. The second-order valence-electron chi connectivity index (χ2n) is 7.62. The zero-order valence-electron chi connectivity index (χ0n) is 15.7. The first-order chi connectivity index (χ1) is 13.6. The minimum Gasteiger partial charge on any atom is -0.477 e. The largest absolute Gasteiger partial charge is 0.477 e. The summed E-state index contributed by atoms with van der Waals surface area (Å²) in [5, 5.41) is 16.4. The third kappa shape index (κ3) is 3.85. The summed E-state index contributed by atoms with van der Waals surface area (Å²) < 4.78 is 1.87.